The summed E-state index contributed by atoms with van der Waals surface area (Å²) in [5, 5.41) is 2.97. The first-order valence-corrected chi connectivity index (χ1v) is 7.55. The molecule has 1 aliphatic carbocycles. The Morgan fingerprint density at radius 3 is 2.73 bits per heavy atom. The second kappa shape index (κ2) is 7.01. The van der Waals surface area contributed by atoms with Gasteiger partial charge in [0, 0.05) is 31.1 Å². The molecule has 1 aromatic carbocycles. The number of nitrogens with two attached hydrogens (primary N) is 1. The minimum absolute atomic E-state index is 0. The third-order valence-electron chi connectivity index (χ3n) is 4.19. The van der Waals surface area contributed by atoms with E-state index in [0.717, 1.165) is 24.1 Å². The molecule has 1 aromatic rings. The Morgan fingerprint density at radius 1 is 1.32 bits per heavy atom. The molecule has 1 atom stereocenters. The molecule has 22 heavy (non-hydrogen) atoms. The molecule has 3 rings (SSSR count). The van der Waals surface area contributed by atoms with Gasteiger partial charge in [0.1, 0.15) is 0 Å². The van der Waals surface area contributed by atoms with E-state index in [1.165, 1.54) is 0 Å². The number of carbonyl (C=O) groups is 2. The highest BCUT2D eigenvalue weighted by Crippen LogP contribution is 2.30. The maximum Gasteiger partial charge on any atom is 0.225 e. The van der Waals surface area contributed by atoms with Gasteiger partial charge in [-0.2, -0.15) is 0 Å². The van der Waals surface area contributed by atoms with Crippen molar-refractivity contribution in [1.82, 2.24) is 10.2 Å². The number of halogens is 1. The zero-order valence-electron chi connectivity index (χ0n) is 12.5. The fourth-order valence-corrected chi connectivity index (χ4v) is 2.88. The summed E-state index contributed by atoms with van der Waals surface area (Å²) in [5.41, 5.74) is 7.58. The van der Waals surface area contributed by atoms with E-state index in [2.05, 4.69) is 5.32 Å². The maximum absolute atomic E-state index is 12.0. The van der Waals surface area contributed by atoms with Crippen molar-refractivity contribution < 1.29 is 9.59 Å². The average molecular weight is 324 g/mol. The molecule has 1 heterocycles. The Bertz CT molecular complexity index is 560. The van der Waals surface area contributed by atoms with E-state index in [9.17, 15) is 9.59 Å². The number of anilines is 1. The van der Waals surface area contributed by atoms with Crippen molar-refractivity contribution in [3.63, 3.8) is 0 Å². The summed E-state index contributed by atoms with van der Waals surface area (Å²) >= 11 is 0. The summed E-state index contributed by atoms with van der Waals surface area (Å²) in [6.45, 7) is 0.669. The molecular weight excluding hydrogens is 302 g/mol. The summed E-state index contributed by atoms with van der Waals surface area (Å²) in [4.78, 5) is 25.7. The van der Waals surface area contributed by atoms with Crippen molar-refractivity contribution in [2.45, 2.75) is 44.2 Å². The summed E-state index contributed by atoms with van der Waals surface area (Å²) < 4.78 is 0. The number of hydrogen-bond donors (Lipinski definition) is 2. The van der Waals surface area contributed by atoms with Crippen LogP contribution in [0.15, 0.2) is 24.3 Å². The Morgan fingerprint density at radius 2 is 2.05 bits per heavy atom. The third kappa shape index (κ3) is 3.91. The first kappa shape index (κ1) is 16.6. The molecule has 0 radical (unpaired) electrons. The monoisotopic (exact) mass is 323 g/mol. The van der Waals surface area contributed by atoms with Gasteiger partial charge in [-0.3, -0.25) is 9.59 Å². The van der Waals surface area contributed by atoms with Crippen LogP contribution in [-0.4, -0.2) is 35.3 Å². The second-order valence-corrected chi connectivity index (χ2v) is 5.94. The maximum atomic E-state index is 12.0. The number of benzene rings is 1. The van der Waals surface area contributed by atoms with Gasteiger partial charge in [-0.1, -0.05) is 18.2 Å². The minimum Gasteiger partial charge on any atom is -0.399 e. The molecule has 1 saturated carbocycles. The highest BCUT2D eigenvalue weighted by atomic mass is 35.5. The summed E-state index contributed by atoms with van der Waals surface area (Å²) in [6, 6.07) is 8.00. The number of nitrogen functional groups attached to an aromatic ring is 1. The number of amides is 2. The molecule has 1 aliphatic heterocycles. The predicted molar refractivity (Wildman–Crippen MR) is 87.7 cm³/mol. The standard InChI is InChI=1S/C16H21N3O2.ClH/c17-14-4-2-1-3-11(14)5-8-15(20)18-12-9-16(21)19(10-12)13-6-7-13;/h1-4,12-13H,5-10,17H2,(H,18,20);1H. The summed E-state index contributed by atoms with van der Waals surface area (Å²) in [7, 11) is 0. The highest BCUT2D eigenvalue weighted by molar-refractivity contribution is 5.85. The first-order valence-electron chi connectivity index (χ1n) is 7.55. The molecule has 5 nitrogen and oxygen atoms in total. The van der Waals surface area contributed by atoms with Crippen molar-refractivity contribution in [2.75, 3.05) is 12.3 Å². The van der Waals surface area contributed by atoms with Gasteiger partial charge in [-0.05, 0) is 30.9 Å². The van der Waals surface area contributed by atoms with Gasteiger partial charge in [0.2, 0.25) is 11.8 Å². The fraction of sp³-hybridized carbons (Fsp3) is 0.500. The molecule has 0 spiro atoms. The van der Waals surface area contributed by atoms with Gasteiger partial charge in [0.05, 0.1) is 6.04 Å². The number of nitrogens with zero attached hydrogens (tertiary/aromatic N) is 1. The lowest BCUT2D eigenvalue weighted by Gasteiger charge is -2.16. The van der Waals surface area contributed by atoms with Gasteiger partial charge in [0.15, 0.2) is 0 Å². The van der Waals surface area contributed by atoms with E-state index in [1.807, 2.05) is 29.2 Å². The molecule has 6 heteroatoms. The molecule has 3 N–H and O–H groups in total. The molecule has 0 bridgehead atoms. The largest absolute Gasteiger partial charge is 0.399 e. The van der Waals surface area contributed by atoms with Crippen molar-refractivity contribution >= 4 is 29.9 Å². The van der Waals surface area contributed by atoms with E-state index >= 15 is 0 Å². The number of carbonyl (C=O) groups excluding carboxylic acids is 2. The van der Waals surface area contributed by atoms with E-state index in [1.54, 1.807) is 0 Å². The van der Waals surface area contributed by atoms with Crippen LogP contribution in [0.1, 0.15) is 31.2 Å². The number of nitrogens with one attached hydrogen (secondary N) is 1. The summed E-state index contributed by atoms with van der Waals surface area (Å²) in [6.07, 6.45) is 3.70. The van der Waals surface area contributed by atoms with Crippen LogP contribution >= 0.6 is 12.4 Å². The molecule has 0 aromatic heterocycles. The Labute approximate surface area is 136 Å². The average Bonchev–Trinajstić information content (AvgIpc) is 3.23. The fourth-order valence-electron chi connectivity index (χ4n) is 2.88. The number of para-hydroxylation sites is 1. The van der Waals surface area contributed by atoms with Crippen molar-refractivity contribution in [3.05, 3.63) is 29.8 Å². The highest BCUT2D eigenvalue weighted by Gasteiger charge is 2.39. The van der Waals surface area contributed by atoms with Crippen LogP contribution in [0.4, 0.5) is 5.69 Å². The minimum atomic E-state index is -0.0290. The lowest BCUT2D eigenvalue weighted by atomic mass is 10.1. The van der Waals surface area contributed by atoms with Crippen LogP contribution in [0.3, 0.4) is 0 Å². The van der Waals surface area contributed by atoms with Crippen LogP contribution in [-0.2, 0) is 16.0 Å². The van der Waals surface area contributed by atoms with Crippen molar-refractivity contribution in [1.29, 1.82) is 0 Å². The lowest BCUT2D eigenvalue weighted by molar-refractivity contribution is -0.128. The van der Waals surface area contributed by atoms with Crippen LogP contribution in [0.2, 0.25) is 0 Å². The predicted octanol–water partition coefficient (Wildman–Crippen LogP) is 1.50. The molecule has 2 fully saturated rings. The molecule has 2 aliphatic rings. The van der Waals surface area contributed by atoms with E-state index in [-0.39, 0.29) is 30.3 Å². The Balaban J connectivity index is 0.00000176. The van der Waals surface area contributed by atoms with Crippen LogP contribution in [0.25, 0.3) is 0 Å². The van der Waals surface area contributed by atoms with Gasteiger partial charge in [0.25, 0.3) is 0 Å². The zero-order valence-corrected chi connectivity index (χ0v) is 13.3. The Kier molecular flexibility index (Phi) is 5.29. The summed E-state index contributed by atoms with van der Waals surface area (Å²) in [5.74, 6) is 0.170. The SMILES string of the molecule is Cl.Nc1ccccc1CCC(=O)NC1CC(=O)N(C2CC2)C1. The normalized spacial score (nSPS) is 20.6. The van der Waals surface area contributed by atoms with E-state index in [4.69, 9.17) is 5.73 Å². The topological polar surface area (TPSA) is 75.4 Å². The van der Waals surface area contributed by atoms with E-state index < -0.39 is 0 Å². The quantitative estimate of drug-likeness (QED) is 0.806. The van der Waals surface area contributed by atoms with Gasteiger partial charge >= 0.3 is 0 Å². The molecule has 1 unspecified atom stereocenters. The van der Waals surface area contributed by atoms with Crippen molar-refractivity contribution in [3.8, 4) is 0 Å². The number of likely N-dealkylation sites (tertiary alicyclic amines) is 1. The van der Waals surface area contributed by atoms with E-state index in [0.29, 0.717) is 31.8 Å². The van der Waals surface area contributed by atoms with Crippen LogP contribution in [0.5, 0.6) is 0 Å². The van der Waals surface area contributed by atoms with Gasteiger partial charge < -0.3 is 16.0 Å². The zero-order chi connectivity index (χ0) is 14.8. The van der Waals surface area contributed by atoms with Gasteiger partial charge in [-0.15, -0.1) is 12.4 Å². The lowest BCUT2D eigenvalue weighted by Crippen LogP contribution is -2.37. The molecule has 2 amide bonds. The Hall–Kier alpha value is -1.75. The van der Waals surface area contributed by atoms with Gasteiger partial charge in [-0.25, -0.2) is 0 Å². The number of aryl methyl sites for hydroxylation is 1. The smallest absolute Gasteiger partial charge is 0.225 e. The molecular formula is C16H22ClN3O2. The molecule has 120 valence electrons. The third-order valence-corrected chi connectivity index (χ3v) is 4.19. The molecule has 1 saturated heterocycles. The van der Waals surface area contributed by atoms with Crippen molar-refractivity contribution in [2.24, 2.45) is 0 Å². The first-order chi connectivity index (χ1) is 10.1. The number of hydrogen-bond acceptors (Lipinski definition) is 3. The van der Waals surface area contributed by atoms with Crippen LogP contribution in [0, 0.1) is 0 Å². The number of rotatable bonds is 5. The van der Waals surface area contributed by atoms with Crippen LogP contribution < -0.4 is 11.1 Å². The second-order valence-electron chi connectivity index (χ2n) is 5.94.